The van der Waals surface area contributed by atoms with E-state index in [2.05, 4.69) is 20.3 Å². The minimum atomic E-state index is -0.729. The molecule has 0 bridgehead atoms. The van der Waals surface area contributed by atoms with Crippen LogP contribution < -0.4 is 5.32 Å². The van der Waals surface area contributed by atoms with Crippen molar-refractivity contribution in [3.05, 3.63) is 41.7 Å². The van der Waals surface area contributed by atoms with Gasteiger partial charge in [-0.25, -0.2) is 9.97 Å². The van der Waals surface area contributed by atoms with Gasteiger partial charge < -0.3 is 15.4 Å². The van der Waals surface area contributed by atoms with Gasteiger partial charge in [0.1, 0.15) is 0 Å². The number of para-hydroxylation sites is 1. The molecule has 1 aliphatic rings. The molecule has 0 radical (unpaired) electrons. The molecular formula is C19H19ClN4O2. The third kappa shape index (κ3) is 3.24. The number of fused-ring (bicyclic) bond motifs is 1. The highest BCUT2D eigenvalue weighted by molar-refractivity contribution is 6.33. The zero-order valence-corrected chi connectivity index (χ0v) is 14.8. The van der Waals surface area contributed by atoms with Crippen molar-refractivity contribution in [2.24, 2.45) is 5.92 Å². The van der Waals surface area contributed by atoms with Crippen molar-refractivity contribution < 1.29 is 9.90 Å². The van der Waals surface area contributed by atoms with Crippen LogP contribution in [0, 0.1) is 5.92 Å². The lowest BCUT2D eigenvalue weighted by atomic mass is 9.86. The number of benzene rings is 1. The molecule has 1 fully saturated rings. The number of carboxylic acid groups (broad SMARTS) is 1. The maximum absolute atomic E-state index is 11.3. The van der Waals surface area contributed by atoms with Gasteiger partial charge in [0.2, 0.25) is 5.95 Å². The Morgan fingerprint density at radius 3 is 3.00 bits per heavy atom. The molecule has 134 valence electrons. The molecule has 6 nitrogen and oxygen atoms in total. The molecule has 3 aromatic rings. The van der Waals surface area contributed by atoms with E-state index in [0.717, 1.165) is 35.7 Å². The number of hydrogen-bond acceptors (Lipinski definition) is 4. The van der Waals surface area contributed by atoms with Gasteiger partial charge in [0.25, 0.3) is 0 Å². The highest BCUT2D eigenvalue weighted by atomic mass is 35.5. The van der Waals surface area contributed by atoms with E-state index in [1.165, 1.54) is 0 Å². The zero-order valence-electron chi connectivity index (χ0n) is 14.1. The van der Waals surface area contributed by atoms with Gasteiger partial charge in [-0.05, 0) is 25.3 Å². The van der Waals surface area contributed by atoms with Crippen LogP contribution in [0.2, 0.25) is 5.02 Å². The molecule has 0 spiro atoms. The average molecular weight is 371 g/mol. The maximum Gasteiger partial charge on any atom is 0.306 e. The lowest BCUT2D eigenvalue weighted by molar-refractivity contribution is -0.142. The fraction of sp³-hybridized carbons (Fsp3) is 0.316. The predicted octanol–water partition coefficient (Wildman–Crippen LogP) is 4.33. The number of hydrogen-bond donors (Lipinski definition) is 3. The molecule has 1 saturated carbocycles. The predicted molar refractivity (Wildman–Crippen MR) is 101 cm³/mol. The number of halogens is 1. The first kappa shape index (κ1) is 16.8. The van der Waals surface area contributed by atoms with Crippen molar-refractivity contribution in [1.82, 2.24) is 15.0 Å². The Bertz CT molecular complexity index is 956. The third-order valence-electron chi connectivity index (χ3n) is 4.95. The topological polar surface area (TPSA) is 90.9 Å². The lowest BCUT2D eigenvalue weighted by Crippen LogP contribution is -2.31. The number of aromatic amines is 1. The molecule has 26 heavy (non-hydrogen) atoms. The largest absolute Gasteiger partial charge is 0.481 e. The number of nitrogens with one attached hydrogen (secondary N) is 2. The first-order valence-electron chi connectivity index (χ1n) is 8.70. The molecule has 1 aliphatic carbocycles. The fourth-order valence-corrected chi connectivity index (χ4v) is 3.81. The van der Waals surface area contributed by atoms with E-state index >= 15 is 0 Å². The van der Waals surface area contributed by atoms with Crippen molar-refractivity contribution >= 4 is 34.4 Å². The van der Waals surface area contributed by atoms with E-state index in [1.807, 2.05) is 30.5 Å². The number of rotatable bonds is 4. The summed E-state index contributed by atoms with van der Waals surface area (Å²) in [5, 5.41) is 14.1. The van der Waals surface area contributed by atoms with Crippen LogP contribution in [0.3, 0.4) is 0 Å². The van der Waals surface area contributed by atoms with Gasteiger partial charge in [-0.15, -0.1) is 0 Å². The van der Waals surface area contributed by atoms with E-state index < -0.39 is 5.97 Å². The Balaban J connectivity index is 1.61. The Labute approximate surface area is 155 Å². The summed E-state index contributed by atoms with van der Waals surface area (Å²) in [4.78, 5) is 23.4. The molecule has 0 aliphatic heterocycles. The van der Waals surface area contributed by atoms with Crippen LogP contribution in [0.1, 0.15) is 25.7 Å². The molecule has 0 saturated heterocycles. The lowest BCUT2D eigenvalue weighted by Gasteiger charge is -2.27. The molecule has 0 amide bonds. The minimum Gasteiger partial charge on any atom is -0.481 e. The second-order valence-electron chi connectivity index (χ2n) is 6.68. The van der Waals surface area contributed by atoms with Crippen molar-refractivity contribution in [1.29, 1.82) is 0 Å². The second kappa shape index (κ2) is 6.96. The van der Waals surface area contributed by atoms with E-state index in [-0.39, 0.29) is 12.0 Å². The van der Waals surface area contributed by atoms with Crippen molar-refractivity contribution in [3.63, 3.8) is 0 Å². The Morgan fingerprint density at radius 1 is 1.31 bits per heavy atom. The molecule has 2 aromatic heterocycles. The Morgan fingerprint density at radius 2 is 2.15 bits per heavy atom. The third-order valence-corrected chi connectivity index (χ3v) is 5.22. The van der Waals surface area contributed by atoms with E-state index in [0.29, 0.717) is 23.1 Å². The molecular weight excluding hydrogens is 352 g/mol. The quantitative estimate of drug-likeness (QED) is 0.635. The number of anilines is 1. The molecule has 3 N–H and O–H groups in total. The first-order valence-corrected chi connectivity index (χ1v) is 9.08. The monoisotopic (exact) mass is 370 g/mol. The Kier molecular flexibility index (Phi) is 4.51. The number of nitrogens with zero attached hydrogens (tertiary/aromatic N) is 2. The summed E-state index contributed by atoms with van der Waals surface area (Å²) in [6.45, 7) is 0. The van der Waals surface area contributed by atoms with Gasteiger partial charge in [-0.2, -0.15) is 0 Å². The molecule has 2 atom stereocenters. The smallest absolute Gasteiger partial charge is 0.306 e. The maximum atomic E-state index is 11.3. The number of carboxylic acids is 1. The van der Waals surface area contributed by atoms with Gasteiger partial charge in [0.15, 0.2) is 0 Å². The van der Waals surface area contributed by atoms with Gasteiger partial charge in [0, 0.05) is 28.7 Å². The summed E-state index contributed by atoms with van der Waals surface area (Å²) >= 11 is 6.35. The molecule has 7 heteroatoms. The summed E-state index contributed by atoms with van der Waals surface area (Å²) in [5.41, 5.74) is 2.60. The van der Waals surface area contributed by atoms with Crippen LogP contribution >= 0.6 is 11.6 Å². The van der Waals surface area contributed by atoms with Gasteiger partial charge in [-0.1, -0.05) is 36.2 Å². The van der Waals surface area contributed by atoms with Crippen LogP contribution in [0.4, 0.5) is 5.95 Å². The molecule has 2 unspecified atom stereocenters. The Hall–Kier alpha value is -2.60. The van der Waals surface area contributed by atoms with Gasteiger partial charge in [-0.3, -0.25) is 4.79 Å². The van der Waals surface area contributed by atoms with Crippen molar-refractivity contribution in [2.75, 3.05) is 5.32 Å². The SMILES string of the molecule is O=C(O)C1CCCC(Nc2ncc(Cl)c(-c3c[nH]c4ccccc34)n2)C1. The molecule has 1 aromatic carbocycles. The second-order valence-corrected chi connectivity index (χ2v) is 7.09. The van der Waals surface area contributed by atoms with Crippen molar-refractivity contribution in [3.8, 4) is 11.3 Å². The number of H-pyrrole nitrogens is 1. The number of carbonyl (C=O) groups is 1. The highest BCUT2D eigenvalue weighted by Gasteiger charge is 2.27. The normalized spacial score (nSPS) is 20.2. The summed E-state index contributed by atoms with van der Waals surface area (Å²) < 4.78 is 0. The van der Waals surface area contributed by atoms with Crippen molar-refractivity contribution in [2.45, 2.75) is 31.7 Å². The van der Waals surface area contributed by atoms with Crippen LogP contribution in [0.5, 0.6) is 0 Å². The van der Waals surface area contributed by atoms with E-state index in [1.54, 1.807) is 6.20 Å². The average Bonchev–Trinajstić information content (AvgIpc) is 3.07. The van der Waals surface area contributed by atoms with Gasteiger partial charge >= 0.3 is 5.97 Å². The van der Waals surface area contributed by atoms with Crippen LogP contribution in [0.25, 0.3) is 22.2 Å². The molecule has 4 rings (SSSR count). The van der Waals surface area contributed by atoms with E-state index in [4.69, 9.17) is 11.6 Å². The van der Waals surface area contributed by atoms with Crippen LogP contribution in [0.15, 0.2) is 36.7 Å². The highest BCUT2D eigenvalue weighted by Crippen LogP contribution is 2.33. The summed E-state index contributed by atoms with van der Waals surface area (Å²) in [6, 6.07) is 8.02. The number of aliphatic carboxylic acids is 1. The summed E-state index contributed by atoms with van der Waals surface area (Å²) in [7, 11) is 0. The minimum absolute atomic E-state index is 0.0573. The number of aromatic nitrogens is 3. The van der Waals surface area contributed by atoms with Crippen LogP contribution in [-0.2, 0) is 4.79 Å². The zero-order chi connectivity index (χ0) is 18.1. The fourth-order valence-electron chi connectivity index (χ4n) is 3.62. The molecule has 2 heterocycles. The van der Waals surface area contributed by atoms with E-state index in [9.17, 15) is 9.90 Å². The van der Waals surface area contributed by atoms with Gasteiger partial charge in [0.05, 0.1) is 22.8 Å². The summed E-state index contributed by atoms with van der Waals surface area (Å²) in [6.07, 6.45) is 6.60. The first-order chi connectivity index (χ1) is 12.6. The standard InChI is InChI=1S/C19H19ClN4O2/c20-15-10-22-19(23-12-5-3-4-11(8-12)18(25)26)24-17(15)14-9-21-16-7-2-1-6-13(14)16/h1-2,6-7,9-12,21H,3-5,8H2,(H,25,26)(H,22,23,24). The van der Waals surface area contributed by atoms with Crippen LogP contribution in [-0.4, -0.2) is 32.1 Å². The summed E-state index contributed by atoms with van der Waals surface area (Å²) in [5.74, 6) is -0.555.